The van der Waals surface area contributed by atoms with Gasteiger partial charge in [0.05, 0.1) is 28.7 Å². The molecule has 0 amide bonds. The molecule has 4 aromatic rings. The van der Waals surface area contributed by atoms with Gasteiger partial charge in [0.1, 0.15) is 5.69 Å². The second kappa shape index (κ2) is 8.61. The largest absolute Gasteiger partial charge is 0.378 e. The number of halogens is 1. The Morgan fingerprint density at radius 1 is 1.00 bits per heavy atom. The molecule has 5 nitrogen and oxygen atoms in total. The van der Waals surface area contributed by atoms with Crippen molar-refractivity contribution in [2.45, 2.75) is 32.8 Å². The summed E-state index contributed by atoms with van der Waals surface area (Å²) in [4.78, 5) is 13.8. The molecule has 1 aromatic carbocycles. The minimum Gasteiger partial charge on any atom is -0.378 e. The zero-order valence-electron chi connectivity index (χ0n) is 18.1. The third kappa shape index (κ3) is 4.68. The number of rotatable bonds is 5. The molecule has 3 aromatic heterocycles. The Morgan fingerprint density at radius 3 is 2.45 bits per heavy atom. The normalized spacial score (nSPS) is 11.6. The standard InChI is InChI=1S/C25H25ClN4O/c1-25(2,3)16-7-9-17(10-8-16)28-22-14-18(15-31-4)29-24-19(22)11-12-21(30-24)23-20(26)6-5-13-27-23/h5-14H,15H2,1-4H3,(H,28,29,30). The highest BCUT2D eigenvalue weighted by Gasteiger charge is 2.14. The molecule has 0 spiro atoms. The molecule has 0 atom stereocenters. The van der Waals surface area contributed by atoms with E-state index in [2.05, 4.69) is 60.3 Å². The first kappa shape index (κ1) is 21.2. The lowest BCUT2D eigenvalue weighted by molar-refractivity contribution is 0.182. The minimum absolute atomic E-state index is 0.112. The number of anilines is 2. The molecule has 0 bridgehead atoms. The number of methoxy groups -OCH3 is 1. The van der Waals surface area contributed by atoms with Crippen molar-refractivity contribution < 1.29 is 4.74 Å². The van der Waals surface area contributed by atoms with E-state index in [1.54, 1.807) is 25.4 Å². The monoisotopic (exact) mass is 432 g/mol. The van der Waals surface area contributed by atoms with Crippen molar-refractivity contribution in [1.82, 2.24) is 15.0 Å². The lowest BCUT2D eigenvalue weighted by Crippen LogP contribution is -2.10. The van der Waals surface area contributed by atoms with Crippen molar-refractivity contribution in [2.75, 3.05) is 12.4 Å². The van der Waals surface area contributed by atoms with Gasteiger partial charge < -0.3 is 10.1 Å². The van der Waals surface area contributed by atoms with Crippen LogP contribution in [0.2, 0.25) is 5.02 Å². The fourth-order valence-corrected chi connectivity index (χ4v) is 3.62. The molecule has 158 valence electrons. The van der Waals surface area contributed by atoms with Crippen LogP contribution in [0.15, 0.2) is 60.8 Å². The summed E-state index contributed by atoms with van der Waals surface area (Å²) in [6.07, 6.45) is 1.70. The van der Waals surface area contributed by atoms with Crippen molar-refractivity contribution in [3.05, 3.63) is 77.1 Å². The molecule has 1 N–H and O–H groups in total. The lowest BCUT2D eigenvalue weighted by atomic mass is 9.87. The van der Waals surface area contributed by atoms with Gasteiger partial charge in [0.25, 0.3) is 0 Å². The summed E-state index contributed by atoms with van der Waals surface area (Å²) < 4.78 is 5.32. The van der Waals surface area contributed by atoms with Crippen LogP contribution >= 0.6 is 11.6 Å². The van der Waals surface area contributed by atoms with E-state index in [0.29, 0.717) is 28.7 Å². The summed E-state index contributed by atoms with van der Waals surface area (Å²) in [6.45, 7) is 7.02. The first-order valence-electron chi connectivity index (χ1n) is 10.1. The van der Waals surface area contributed by atoms with Crippen molar-refractivity contribution in [1.29, 1.82) is 0 Å². The van der Waals surface area contributed by atoms with E-state index in [9.17, 15) is 0 Å². The van der Waals surface area contributed by atoms with Crippen molar-refractivity contribution in [3.8, 4) is 11.4 Å². The number of ether oxygens (including phenoxy) is 1. The predicted molar refractivity (Wildman–Crippen MR) is 127 cm³/mol. The van der Waals surface area contributed by atoms with E-state index >= 15 is 0 Å². The third-order valence-corrected chi connectivity index (χ3v) is 5.35. The summed E-state index contributed by atoms with van der Waals surface area (Å²) in [5.41, 5.74) is 6.05. The molecule has 6 heteroatoms. The van der Waals surface area contributed by atoms with E-state index < -0.39 is 0 Å². The van der Waals surface area contributed by atoms with Gasteiger partial charge in [-0.25, -0.2) is 9.97 Å². The van der Waals surface area contributed by atoms with Crippen LogP contribution in [-0.2, 0) is 16.8 Å². The van der Waals surface area contributed by atoms with Crippen LogP contribution in [0, 0.1) is 0 Å². The van der Waals surface area contributed by atoms with Gasteiger partial charge in [0.15, 0.2) is 5.65 Å². The van der Waals surface area contributed by atoms with Crippen LogP contribution in [0.5, 0.6) is 0 Å². The van der Waals surface area contributed by atoms with E-state index in [1.165, 1.54) is 5.56 Å². The Kier molecular flexibility index (Phi) is 5.90. The number of pyridine rings is 3. The van der Waals surface area contributed by atoms with Crippen LogP contribution in [0.4, 0.5) is 11.4 Å². The van der Waals surface area contributed by atoms with Crippen molar-refractivity contribution >= 4 is 34.0 Å². The summed E-state index contributed by atoms with van der Waals surface area (Å²) in [5, 5.41) is 4.99. The van der Waals surface area contributed by atoms with E-state index in [1.807, 2.05) is 18.2 Å². The summed E-state index contributed by atoms with van der Waals surface area (Å²) in [5.74, 6) is 0. The van der Waals surface area contributed by atoms with Gasteiger partial charge >= 0.3 is 0 Å². The van der Waals surface area contributed by atoms with E-state index in [0.717, 1.165) is 22.5 Å². The van der Waals surface area contributed by atoms with E-state index in [4.69, 9.17) is 21.3 Å². The Labute approximate surface area is 187 Å². The quantitative estimate of drug-likeness (QED) is 0.388. The van der Waals surface area contributed by atoms with Gasteiger partial charge in [-0.3, -0.25) is 4.98 Å². The SMILES string of the molecule is COCc1cc(Nc2ccc(C(C)(C)C)cc2)c2ccc(-c3ncccc3Cl)nc2n1. The molecule has 0 fully saturated rings. The first-order valence-corrected chi connectivity index (χ1v) is 10.5. The average Bonchev–Trinajstić information content (AvgIpc) is 2.74. The molecule has 0 saturated heterocycles. The topological polar surface area (TPSA) is 59.9 Å². The molecule has 0 unspecified atom stereocenters. The maximum absolute atomic E-state index is 6.32. The zero-order valence-corrected chi connectivity index (χ0v) is 18.9. The first-order chi connectivity index (χ1) is 14.8. The number of nitrogens with zero attached hydrogens (tertiary/aromatic N) is 3. The lowest BCUT2D eigenvalue weighted by Gasteiger charge is -2.19. The Balaban J connectivity index is 1.76. The molecule has 0 saturated carbocycles. The predicted octanol–water partition coefficient (Wildman–Crippen LogP) is 6.53. The maximum Gasteiger partial charge on any atom is 0.162 e. The third-order valence-electron chi connectivity index (χ3n) is 5.05. The van der Waals surface area contributed by atoms with Gasteiger partial charge in [0.2, 0.25) is 0 Å². The highest BCUT2D eigenvalue weighted by molar-refractivity contribution is 6.32. The van der Waals surface area contributed by atoms with Gasteiger partial charge in [-0.2, -0.15) is 0 Å². The van der Waals surface area contributed by atoms with Crippen LogP contribution in [0.3, 0.4) is 0 Å². The summed E-state index contributed by atoms with van der Waals surface area (Å²) >= 11 is 6.32. The number of aromatic nitrogens is 3. The van der Waals surface area contributed by atoms with Crippen molar-refractivity contribution in [3.63, 3.8) is 0 Å². The number of fused-ring (bicyclic) bond motifs is 1. The molecule has 4 rings (SSSR count). The van der Waals surface area contributed by atoms with Crippen LogP contribution in [0.25, 0.3) is 22.4 Å². The molecule has 0 aliphatic carbocycles. The Bertz CT molecular complexity index is 1220. The molecule has 0 aliphatic heterocycles. The smallest absolute Gasteiger partial charge is 0.162 e. The molecular formula is C25H25ClN4O. The maximum atomic E-state index is 6.32. The number of nitrogens with one attached hydrogen (secondary N) is 1. The van der Waals surface area contributed by atoms with Crippen LogP contribution < -0.4 is 5.32 Å². The molecule has 0 aliphatic rings. The molecule has 3 heterocycles. The molecular weight excluding hydrogens is 408 g/mol. The summed E-state index contributed by atoms with van der Waals surface area (Å²) in [7, 11) is 1.65. The number of hydrogen-bond acceptors (Lipinski definition) is 5. The number of benzene rings is 1. The molecule has 31 heavy (non-hydrogen) atoms. The Morgan fingerprint density at radius 2 is 1.77 bits per heavy atom. The second-order valence-electron chi connectivity index (χ2n) is 8.45. The van der Waals surface area contributed by atoms with Crippen LogP contribution in [0.1, 0.15) is 32.0 Å². The minimum atomic E-state index is 0.112. The van der Waals surface area contributed by atoms with Gasteiger partial charge in [0, 0.05) is 24.4 Å². The second-order valence-corrected chi connectivity index (χ2v) is 8.86. The van der Waals surface area contributed by atoms with E-state index in [-0.39, 0.29) is 5.41 Å². The fourth-order valence-electron chi connectivity index (χ4n) is 3.40. The van der Waals surface area contributed by atoms with Crippen LogP contribution in [-0.4, -0.2) is 22.1 Å². The van der Waals surface area contributed by atoms with Crippen molar-refractivity contribution in [2.24, 2.45) is 0 Å². The summed E-state index contributed by atoms with van der Waals surface area (Å²) in [6, 6.07) is 18.0. The number of hydrogen-bond donors (Lipinski definition) is 1. The van der Waals surface area contributed by atoms with Gasteiger partial charge in [-0.05, 0) is 53.4 Å². The van der Waals surface area contributed by atoms with Gasteiger partial charge in [-0.15, -0.1) is 0 Å². The zero-order chi connectivity index (χ0) is 22.0. The highest BCUT2D eigenvalue weighted by Crippen LogP contribution is 2.31. The Hall–Kier alpha value is -3.02. The molecule has 0 radical (unpaired) electrons. The highest BCUT2D eigenvalue weighted by atomic mass is 35.5. The fraction of sp³-hybridized carbons (Fsp3) is 0.240. The average molecular weight is 433 g/mol. The van der Waals surface area contributed by atoms with Gasteiger partial charge in [-0.1, -0.05) is 44.5 Å².